The fourth-order valence-electron chi connectivity index (χ4n) is 4.64. The van der Waals surface area contributed by atoms with Gasteiger partial charge in [0.15, 0.2) is 12.1 Å². The lowest BCUT2D eigenvalue weighted by atomic mass is 9.98. The van der Waals surface area contributed by atoms with Crippen LogP contribution in [0.5, 0.6) is 5.75 Å². The molecule has 9 nitrogen and oxygen atoms in total. The fourth-order valence-corrected chi connectivity index (χ4v) is 4.64. The van der Waals surface area contributed by atoms with E-state index in [-0.39, 0.29) is 11.1 Å². The van der Waals surface area contributed by atoms with Crippen LogP contribution in [0.3, 0.4) is 0 Å². The molecule has 3 amide bonds. The van der Waals surface area contributed by atoms with Crippen LogP contribution in [0.2, 0.25) is 0 Å². The first-order valence-corrected chi connectivity index (χ1v) is 11.8. The first-order valence-electron chi connectivity index (χ1n) is 11.8. The van der Waals surface area contributed by atoms with Crippen molar-refractivity contribution in [1.82, 2.24) is 9.88 Å². The van der Waals surface area contributed by atoms with Crippen LogP contribution in [-0.4, -0.2) is 46.7 Å². The third-order valence-corrected chi connectivity index (χ3v) is 6.29. The average molecular weight is 510 g/mol. The van der Waals surface area contributed by atoms with E-state index < -0.39 is 35.8 Å². The number of hydrogen-bond acceptors (Lipinski definition) is 7. The number of hydrogen-bond donors (Lipinski definition) is 1. The maximum absolute atomic E-state index is 14.1. The van der Waals surface area contributed by atoms with Crippen molar-refractivity contribution in [2.45, 2.75) is 19.1 Å². The standard InChI is InChI=1S/C29H23N3O6/c1-17(33)38-26(21-13-5-6-15-23(21)37-2)25(32-28(35)19-11-3-4-12-20(19)29(32)36)27(34)31-22-14-7-9-18-10-8-16-30-24(18)22/h3-16,25-26H,1-2H3,(H,31,34)/t25-,26-/m0/s1. The normalized spacial score (nSPS) is 14.1. The van der Waals surface area contributed by atoms with Gasteiger partial charge in [0.1, 0.15) is 5.75 Å². The van der Waals surface area contributed by atoms with Crippen LogP contribution in [0.1, 0.15) is 39.3 Å². The number of aromatic nitrogens is 1. The number of imide groups is 1. The van der Waals surface area contributed by atoms with Gasteiger partial charge in [-0.3, -0.25) is 29.1 Å². The Morgan fingerprint density at radius 2 is 1.53 bits per heavy atom. The molecule has 1 aliphatic heterocycles. The molecule has 3 aromatic carbocycles. The summed E-state index contributed by atoms with van der Waals surface area (Å²) in [6.07, 6.45) is 0.227. The van der Waals surface area contributed by atoms with Gasteiger partial charge in [-0.1, -0.05) is 48.5 Å². The number of rotatable bonds is 7. The highest BCUT2D eigenvalue weighted by atomic mass is 16.5. The molecular formula is C29H23N3O6. The van der Waals surface area contributed by atoms with Crippen LogP contribution in [0, 0.1) is 0 Å². The summed E-state index contributed by atoms with van der Waals surface area (Å²) in [4.78, 5) is 58.6. The predicted octanol–water partition coefficient (Wildman–Crippen LogP) is 4.15. The highest BCUT2D eigenvalue weighted by Crippen LogP contribution is 2.37. The maximum atomic E-state index is 14.1. The van der Waals surface area contributed by atoms with E-state index in [2.05, 4.69) is 10.3 Å². The number of anilines is 1. The second kappa shape index (κ2) is 10.1. The summed E-state index contributed by atoms with van der Waals surface area (Å²) in [7, 11) is 1.43. The monoisotopic (exact) mass is 509 g/mol. The molecule has 9 heteroatoms. The molecule has 0 spiro atoms. The van der Waals surface area contributed by atoms with E-state index in [0.717, 1.165) is 10.3 Å². The molecule has 0 saturated carbocycles. The van der Waals surface area contributed by atoms with E-state index in [1.807, 2.05) is 12.1 Å². The Labute approximate surface area is 218 Å². The first-order chi connectivity index (χ1) is 18.4. The van der Waals surface area contributed by atoms with E-state index in [0.29, 0.717) is 22.5 Å². The van der Waals surface area contributed by atoms with Crippen molar-refractivity contribution >= 4 is 40.3 Å². The zero-order valence-electron chi connectivity index (χ0n) is 20.6. The van der Waals surface area contributed by atoms with Gasteiger partial charge < -0.3 is 14.8 Å². The topological polar surface area (TPSA) is 115 Å². The molecule has 190 valence electrons. The van der Waals surface area contributed by atoms with Crippen LogP contribution < -0.4 is 10.1 Å². The molecule has 0 aliphatic carbocycles. The molecule has 2 atom stereocenters. The Hall–Kier alpha value is -5.05. The van der Waals surface area contributed by atoms with Crippen LogP contribution in [0.25, 0.3) is 10.9 Å². The Morgan fingerprint density at radius 3 is 2.21 bits per heavy atom. The third-order valence-electron chi connectivity index (χ3n) is 6.29. The summed E-state index contributed by atoms with van der Waals surface area (Å²) < 4.78 is 11.1. The first kappa shape index (κ1) is 24.6. The van der Waals surface area contributed by atoms with Crippen molar-refractivity contribution in [2.24, 2.45) is 0 Å². The van der Waals surface area contributed by atoms with Gasteiger partial charge in [-0.25, -0.2) is 0 Å². The van der Waals surface area contributed by atoms with Gasteiger partial charge in [0.05, 0.1) is 29.4 Å². The molecule has 0 saturated heterocycles. The third kappa shape index (κ3) is 4.34. The van der Waals surface area contributed by atoms with Crippen LogP contribution in [0.15, 0.2) is 85.1 Å². The molecular weight excluding hydrogens is 486 g/mol. The summed E-state index contributed by atoms with van der Waals surface area (Å²) in [6, 6.07) is 20.3. The number of para-hydroxylation sites is 2. The van der Waals surface area contributed by atoms with Crippen molar-refractivity contribution < 1.29 is 28.7 Å². The minimum absolute atomic E-state index is 0.156. The maximum Gasteiger partial charge on any atom is 0.303 e. The Balaban J connectivity index is 1.66. The van der Waals surface area contributed by atoms with Gasteiger partial charge in [-0.2, -0.15) is 0 Å². The number of pyridine rings is 1. The smallest absolute Gasteiger partial charge is 0.303 e. The number of amides is 3. The van der Waals surface area contributed by atoms with Gasteiger partial charge in [0.2, 0.25) is 0 Å². The number of ether oxygens (including phenoxy) is 2. The minimum atomic E-state index is -1.57. The summed E-state index contributed by atoms with van der Waals surface area (Å²) >= 11 is 0. The van der Waals surface area contributed by atoms with E-state index in [1.54, 1.807) is 60.8 Å². The molecule has 5 rings (SSSR count). The number of nitrogens with one attached hydrogen (secondary N) is 1. The molecule has 0 fully saturated rings. The number of benzene rings is 3. The molecule has 2 heterocycles. The molecule has 4 aromatic rings. The zero-order valence-corrected chi connectivity index (χ0v) is 20.6. The second-order valence-electron chi connectivity index (χ2n) is 8.61. The number of esters is 1. The van der Waals surface area contributed by atoms with Crippen molar-refractivity contribution in [3.8, 4) is 5.75 Å². The number of nitrogens with zero attached hydrogens (tertiary/aromatic N) is 2. The predicted molar refractivity (Wildman–Crippen MR) is 139 cm³/mol. The lowest BCUT2D eigenvalue weighted by Crippen LogP contribution is -2.51. The second-order valence-corrected chi connectivity index (χ2v) is 8.61. The Morgan fingerprint density at radius 1 is 0.868 bits per heavy atom. The van der Waals surface area contributed by atoms with Crippen LogP contribution >= 0.6 is 0 Å². The number of carbonyl (C=O) groups excluding carboxylic acids is 4. The fraction of sp³-hybridized carbons (Fsp3) is 0.138. The van der Waals surface area contributed by atoms with Crippen molar-refractivity contribution in [3.05, 3.63) is 102 Å². The lowest BCUT2D eigenvalue weighted by molar-refractivity contribution is -0.151. The summed E-state index contributed by atoms with van der Waals surface area (Å²) in [5.74, 6) is -2.47. The summed E-state index contributed by atoms with van der Waals surface area (Å²) in [6.45, 7) is 1.19. The van der Waals surface area contributed by atoms with Gasteiger partial charge in [-0.15, -0.1) is 0 Å². The highest BCUT2D eigenvalue weighted by molar-refractivity contribution is 6.23. The van der Waals surface area contributed by atoms with Crippen LogP contribution in [0.4, 0.5) is 5.69 Å². The van der Waals surface area contributed by atoms with Gasteiger partial charge in [-0.05, 0) is 30.3 Å². The Bertz CT molecular complexity index is 1540. The average Bonchev–Trinajstić information content (AvgIpc) is 3.18. The van der Waals surface area contributed by atoms with Gasteiger partial charge in [0.25, 0.3) is 17.7 Å². The molecule has 1 aliphatic rings. The number of carbonyl (C=O) groups is 4. The summed E-state index contributed by atoms with van der Waals surface area (Å²) in [5.41, 5.74) is 1.52. The molecule has 1 N–H and O–H groups in total. The van der Waals surface area contributed by atoms with Gasteiger partial charge >= 0.3 is 5.97 Å². The van der Waals surface area contributed by atoms with E-state index in [4.69, 9.17) is 9.47 Å². The van der Waals surface area contributed by atoms with Crippen molar-refractivity contribution in [1.29, 1.82) is 0 Å². The van der Waals surface area contributed by atoms with Crippen LogP contribution in [-0.2, 0) is 14.3 Å². The number of methoxy groups -OCH3 is 1. The molecule has 38 heavy (non-hydrogen) atoms. The SMILES string of the molecule is COc1ccccc1[C@H](OC(C)=O)[C@@H](C(=O)Nc1cccc2cccnc12)N1C(=O)c2ccccc2C1=O. The molecule has 0 bridgehead atoms. The van der Waals surface area contributed by atoms with Gasteiger partial charge in [0, 0.05) is 24.1 Å². The minimum Gasteiger partial charge on any atom is -0.496 e. The molecule has 0 radical (unpaired) electrons. The molecule has 0 unspecified atom stereocenters. The zero-order chi connectivity index (χ0) is 26.8. The van der Waals surface area contributed by atoms with E-state index in [9.17, 15) is 19.2 Å². The largest absolute Gasteiger partial charge is 0.496 e. The van der Waals surface area contributed by atoms with Crippen molar-refractivity contribution in [2.75, 3.05) is 12.4 Å². The quantitative estimate of drug-likeness (QED) is 0.294. The van der Waals surface area contributed by atoms with Crippen molar-refractivity contribution in [3.63, 3.8) is 0 Å². The highest BCUT2D eigenvalue weighted by Gasteiger charge is 2.48. The molecule has 1 aromatic heterocycles. The summed E-state index contributed by atoms with van der Waals surface area (Å²) in [5, 5.41) is 3.59. The number of fused-ring (bicyclic) bond motifs is 2. The lowest BCUT2D eigenvalue weighted by Gasteiger charge is -2.32. The van der Waals surface area contributed by atoms with E-state index >= 15 is 0 Å². The van der Waals surface area contributed by atoms with E-state index in [1.165, 1.54) is 26.2 Å². The Kier molecular flexibility index (Phi) is 6.57.